The number of rotatable bonds is 10. The number of hydrogen-bond donors (Lipinski definition) is 2. The van der Waals surface area contributed by atoms with Gasteiger partial charge in [0.25, 0.3) is 0 Å². The summed E-state index contributed by atoms with van der Waals surface area (Å²) in [4.78, 5) is 14.4. The predicted molar refractivity (Wildman–Crippen MR) is 97.7 cm³/mol. The summed E-state index contributed by atoms with van der Waals surface area (Å²) in [6.07, 6.45) is 0. The number of nitrogens with one attached hydrogen (secondary N) is 1. The van der Waals surface area contributed by atoms with Crippen LogP contribution in [0.4, 0.5) is 5.69 Å². The summed E-state index contributed by atoms with van der Waals surface area (Å²) in [5, 5.41) is 2.87. The number of nitrogens with two attached hydrogens (primary N) is 1. The lowest BCUT2D eigenvalue weighted by atomic mass is 10.0. The van der Waals surface area contributed by atoms with E-state index in [-0.39, 0.29) is 17.9 Å². The first-order chi connectivity index (χ1) is 11.4. The van der Waals surface area contributed by atoms with Crippen molar-refractivity contribution in [2.45, 2.75) is 33.7 Å². The molecule has 0 radical (unpaired) electrons. The molecule has 1 amide bonds. The Hall–Kier alpha value is -1.79. The third-order valence-electron chi connectivity index (χ3n) is 4.19. The third-order valence-corrected chi connectivity index (χ3v) is 4.19. The zero-order valence-electron chi connectivity index (χ0n) is 15.5. The molecule has 0 aromatic heterocycles. The molecule has 0 saturated heterocycles. The number of carbonyl (C=O) groups is 1. The number of methoxy groups -OCH3 is 1. The Morgan fingerprint density at radius 2 is 1.92 bits per heavy atom. The zero-order chi connectivity index (χ0) is 18.1. The van der Waals surface area contributed by atoms with E-state index < -0.39 is 0 Å². The van der Waals surface area contributed by atoms with Gasteiger partial charge < -0.3 is 25.4 Å². The van der Waals surface area contributed by atoms with E-state index in [1.807, 2.05) is 13.8 Å². The average Bonchev–Trinajstić information content (AvgIpc) is 2.58. The van der Waals surface area contributed by atoms with Crippen molar-refractivity contribution in [2.24, 2.45) is 11.7 Å². The molecule has 0 aliphatic heterocycles. The second-order valence-electron chi connectivity index (χ2n) is 5.88. The summed E-state index contributed by atoms with van der Waals surface area (Å²) >= 11 is 0. The standard InChI is InChI=1S/C18H31N3O3/c1-6-21(7-2)10-11-24-17-12-15(8-9-16(17)23-5)20-18(22)13(3)14(4)19/h8-9,12-14H,6-7,10-11,19H2,1-5H3,(H,20,22). The van der Waals surface area contributed by atoms with Crippen molar-refractivity contribution in [2.75, 3.05) is 38.7 Å². The average molecular weight is 337 g/mol. The van der Waals surface area contributed by atoms with Gasteiger partial charge in [0.2, 0.25) is 5.91 Å². The lowest BCUT2D eigenvalue weighted by molar-refractivity contribution is -0.119. The second-order valence-corrected chi connectivity index (χ2v) is 5.88. The summed E-state index contributed by atoms with van der Waals surface area (Å²) in [7, 11) is 1.60. The van der Waals surface area contributed by atoms with E-state index >= 15 is 0 Å². The second kappa shape index (κ2) is 10.2. The summed E-state index contributed by atoms with van der Waals surface area (Å²) in [5.41, 5.74) is 6.45. The van der Waals surface area contributed by atoms with Crippen molar-refractivity contribution in [3.8, 4) is 11.5 Å². The van der Waals surface area contributed by atoms with Crippen LogP contribution < -0.4 is 20.5 Å². The highest BCUT2D eigenvalue weighted by Crippen LogP contribution is 2.30. The van der Waals surface area contributed by atoms with Gasteiger partial charge in [-0.2, -0.15) is 0 Å². The van der Waals surface area contributed by atoms with E-state index in [0.29, 0.717) is 23.8 Å². The molecular weight excluding hydrogens is 306 g/mol. The fourth-order valence-corrected chi connectivity index (χ4v) is 2.19. The van der Waals surface area contributed by atoms with Crippen LogP contribution in [0.5, 0.6) is 11.5 Å². The third kappa shape index (κ3) is 6.02. The van der Waals surface area contributed by atoms with Crippen molar-refractivity contribution < 1.29 is 14.3 Å². The molecule has 2 atom stereocenters. The molecule has 0 fully saturated rings. The molecule has 0 saturated carbocycles. The van der Waals surface area contributed by atoms with Gasteiger partial charge in [-0.15, -0.1) is 0 Å². The minimum atomic E-state index is -0.265. The van der Waals surface area contributed by atoms with Crippen LogP contribution in [-0.2, 0) is 4.79 Å². The van der Waals surface area contributed by atoms with Crippen LogP contribution in [0.25, 0.3) is 0 Å². The van der Waals surface area contributed by atoms with Crippen molar-refractivity contribution in [1.82, 2.24) is 4.90 Å². The molecule has 0 aliphatic carbocycles. The van der Waals surface area contributed by atoms with Gasteiger partial charge in [-0.1, -0.05) is 20.8 Å². The Morgan fingerprint density at radius 3 is 2.46 bits per heavy atom. The number of hydrogen-bond acceptors (Lipinski definition) is 5. The molecule has 6 nitrogen and oxygen atoms in total. The molecule has 0 bridgehead atoms. The normalized spacial score (nSPS) is 13.5. The van der Waals surface area contributed by atoms with Gasteiger partial charge in [-0.3, -0.25) is 4.79 Å². The van der Waals surface area contributed by atoms with E-state index in [2.05, 4.69) is 24.1 Å². The summed E-state index contributed by atoms with van der Waals surface area (Å²) in [6.45, 7) is 11.3. The largest absolute Gasteiger partial charge is 0.493 e. The number of benzene rings is 1. The smallest absolute Gasteiger partial charge is 0.228 e. The van der Waals surface area contributed by atoms with Crippen molar-refractivity contribution in [1.29, 1.82) is 0 Å². The Balaban J connectivity index is 2.75. The minimum absolute atomic E-state index is 0.107. The van der Waals surface area contributed by atoms with E-state index in [9.17, 15) is 4.79 Å². The Kier molecular flexibility index (Phi) is 8.57. The fourth-order valence-electron chi connectivity index (χ4n) is 2.19. The first kappa shape index (κ1) is 20.3. The van der Waals surface area contributed by atoms with Crippen LogP contribution in [0, 0.1) is 5.92 Å². The van der Waals surface area contributed by atoms with E-state index in [0.717, 1.165) is 19.6 Å². The van der Waals surface area contributed by atoms with Crippen LogP contribution in [0.15, 0.2) is 18.2 Å². The maximum absolute atomic E-state index is 12.1. The van der Waals surface area contributed by atoms with Gasteiger partial charge >= 0.3 is 0 Å². The number of ether oxygens (including phenoxy) is 2. The highest BCUT2D eigenvalue weighted by atomic mass is 16.5. The Bertz CT molecular complexity index is 516. The number of carbonyl (C=O) groups excluding carboxylic acids is 1. The first-order valence-electron chi connectivity index (χ1n) is 8.52. The van der Waals surface area contributed by atoms with E-state index in [1.165, 1.54) is 0 Å². The maximum atomic E-state index is 12.1. The summed E-state index contributed by atoms with van der Waals surface area (Å²) in [6, 6.07) is 5.17. The van der Waals surface area contributed by atoms with Gasteiger partial charge in [0.1, 0.15) is 6.61 Å². The number of amides is 1. The molecule has 136 valence electrons. The SMILES string of the molecule is CCN(CC)CCOc1cc(NC(=O)C(C)C(C)N)ccc1OC. The van der Waals surface area contributed by atoms with Gasteiger partial charge in [0.15, 0.2) is 11.5 Å². The van der Waals surface area contributed by atoms with E-state index in [4.69, 9.17) is 15.2 Å². The van der Waals surface area contributed by atoms with Crippen LogP contribution >= 0.6 is 0 Å². The van der Waals surface area contributed by atoms with Gasteiger partial charge in [0, 0.05) is 24.3 Å². The first-order valence-corrected chi connectivity index (χ1v) is 8.52. The molecule has 0 aliphatic rings. The molecule has 2 unspecified atom stereocenters. The topological polar surface area (TPSA) is 76.8 Å². The fraction of sp³-hybridized carbons (Fsp3) is 0.611. The van der Waals surface area contributed by atoms with Crippen LogP contribution in [0.2, 0.25) is 0 Å². The molecule has 6 heteroatoms. The quantitative estimate of drug-likeness (QED) is 0.685. The lowest BCUT2D eigenvalue weighted by Crippen LogP contribution is -2.34. The minimum Gasteiger partial charge on any atom is -0.493 e. The Morgan fingerprint density at radius 1 is 1.25 bits per heavy atom. The molecule has 1 rings (SSSR count). The van der Waals surface area contributed by atoms with Gasteiger partial charge in [-0.05, 0) is 32.1 Å². The number of nitrogens with zero attached hydrogens (tertiary/aromatic N) is 1. The monoisotopic (exact) mass is 337 g/mol. The zero-order valence-corrected chi connectivity index (χ0v) is 15.5. The van der Waals surface area contributed by atoms with Crippen molar-refractivity contribution in [3.05, 3.63) is 18.2 Å². The molecular formula is C18H31N3O3. The molecule has 3 N–H and O–H groups in total. The Labute approximate surface area is 145 Å². The summed E-state index contributed by atoms with van der Waals surface area (Å²) in [5.74, 6) is 0.895. The molecule has 24 heavy (non-hydrogen) atoms. The number of likely N-dealkylation sites (N-methyl/N-ethyl adjacent to an activating group) is 1. The molecule has 1 aromatic rings. The predicted octanol–water partition coefficient (Wildman–Crippen LogP) is 2.34. The lowest BCUT2D eigenvalue weighted by Gasteiger charge is -2.19. The highest BCUT2D eigenvalue weighted by Gasteiger charge is 2.17. The number of anilines is 1. The van der Waals surface area contributed by atoms with E-state index in [1.54, 1.807) is 25.3 Å². The van der Waals surface area contributed by atoms with Crippen molar-refractivity contribution in [3.63, 3.8) is 0 Å². The maximum Gasteiger partial charge on any atom is 0.228 e. The molecule has 1 aromatic carbocycles. The highest BCUT2D eigenvalue weighted by molar-refractivity contribution is 5.93. The van der Waals surface area contributed by atoms with Crippen LogP contribution in [0.3, 0.4) is 0 Å². The molecule has 0 spiro atoms. The van der Waals surface area contributed by atoms with Gasteiger partial charge in [-0.25, -0.2) is 0 Å². The summed E-state index contributed by atoms with van der Waals surface area (Å²) < 4.78 is 11.2. The van der Waals surface area contributed by atoms with Gasteiger partial charge in [0.05, 0.1) is 13.0 Å². The van der Waals surface area contributed by atoms with Crippen LogP contribution in [-0.4, -0.2) is 50.2 Å². The van der Waals surface area contributed by atoms with Crippen molar-refractivity contribution >= 4 is 11.6 Å². The molecule has 0 heterocycles. The van der Waals surface area contributed by atoms with Crippen LogP contribution in [0.1, 0.15) is 27.7 Å².